The van der Waals surface area contributed by atoms with Crippen molar-refractivity contribution in [1.29, 1.82) is 0 Å². The molecule has 1 aromatic heterocycles. The molecule has 0 aliphatic carbocycles. The zero-order valence-corrected chi connectivity index (χ0v) is 16.5. The molecule has 0 atom stereocenters. The molecule has 0 radical (unpaired) electrons. The molecule has 0 spiro atoms. The number of nitrogens with one attached hydrogen (secondary N) is 1. The summed E-state index contributed by atoms with van der Waals surface area (Å²) >= 11 is 0. The van der Waals surface area contributed by atoms with E-state index in [1.54, 1.807) is 37.1 Å². The summed E-state index contributed by atoms with van der Waals surface area (Å²) in [6.07, 6.45) is 1.88. The van der Waals surface area contributed by atoms with Crippen LogP contribution in [0.3, 0.4) is 0 Å². The molecule has 0 saturated carbocycles. The van der Waals surface area contributed by atoms with Gasteiger partial charge in [0, 0.05) is 31.9 Å². The van der Waals surface area contributed by atoms with Gasteiger partial charge in [0.05, 0.1) is 19.9 Å². The van der Waals surface area contributed by atoms with Crippen molar-refractivity contribution in [3.05, 3.63) is 54.7 Å². The number of hydrogen-bond donors (Lipinski definition) is 1. The molecule has 28 heavy (non-hydrogen) atoms. The minimum Gasteiger partial charge on any atom is -0.497 e. The number of carbonyl (C=O) groups excluding carboxylic acids is 1. The molecule has 0 aliphatic rings. The van der Waals surface area contributed by atoms with Gasteiger partial charge in [-0.2, -0.15) is 5.10 Å². The molecule has 146 valence electrons. The Balaban J connectivity index is 1.81. The molecule has 7 heteroatoms. The van der Waals surface area contributed by atoms with Gasteiger partial charge in [0.25, 0.3) is 0 Å². The summed E-state index contributed by atoms with van der Waals surface area (Å²) in [6, 6.07) is 15.2. The third kappa shape index (κ3) is 4.25. The summed E-state index contributed by atoms with van der Waals surface area (Å²) in [5.74, 6) is 1.79. The summed E-state index contributed by atoms with van der Waals surface area (Å²) < 4.78 is 12.2. The maximum atomic E-state index is 12.6. The average molecular weight is 380 g/mol. The van der Waals surface area contributed by atoms with Crippen LogP contribution in [0.4, 0.5) is 11.5 Å². The number of nitrogens with zero attached hydrogens (tertiary/aromatic N) is 3. The summed E-state index contributed by atoms with van der Waals surface area (Å²) in [7, 11) is 6.99. The van der Waals surface area contributed by atoms with Gasteiger partial charge in [0.1, 0.15) is 18.0 Å². The first kappa shape index (κ1) is 19.3. The standard InChI is InChI=1S/C21H24N4O3/c1-24(2)21-17(15-8-6-5-7-9-15)13-25(23-21)14-20(26)22-18-12-16(27-3)10-11-19(18)28-4/h5-13H,14H2,1-4H3,(H,22,26). The molecule has 2 aromatic carbocycles. The van der Waals surface area contributed by atoms with E-state index in [1.807, 2.05) is 55.5 Å². The molecule has 1 heterocycles. The molecule has 1 amide bonds. The molecule has 7 nitrogen and oxygen atoms in total. The highest BCUT2D eigenvalue weighted by Crippen LogP contribution is 2.30. The van der Waals surface area contributed by atoms with Gasteiger partial charge in [-0.15, -0.1) is 0 Å². The Morgan fingerprint density at radius 2 is 1.86 bits per heavy atom. The zero-order chi connectivity index (χ0) is 20.1. The van der Waals surface area contributed by atoms with E-state index in [4.69, 9.17) is 9.47 Å². The highest BCUT2D eigenvalue weighted by Gasteiger charge is 2.15. The van der Waals surface area contributed by atoms with Crippen molar-refractivity contribution in [1.82, 2.24) is 9.78 Å². The van der Waals surface area contributed by atoms with Crippen LogP contribution in [0.5, 0.6) is 11.5 Å². The van der Waals surface area contributed by atoms with Crippen molar-refractivity contribution < 1.29 is 14.3 Å². The summed E-state index contributed by atoms with van der Waals surface area (Å²) in [5.41, 5.74) is 2.57. The number of rotatable bonds is 7. The quantitative estimate of drug-likeness (QED) is 0.681. The van der Waals surface area contributed by atoms with Gasteiger partial charge < -0.3 is 19.7 Å². The second-order valence-electron chi connectivity index (χ2n) is 6.44. The Bertz CT molecular complexity index is 952. The fourth-order valence-electron chi connectivity index (χ4n) is 2.89. The van der Waals surface area contributed by atoms with Crippen LogP contribution in [-0.2, 0) is 11.3 Å². The number of amides is 1. The Kier molecular flexibility index (Phi) is 5.84. The van der Waals surface area contributed by atoms with Crippen LogP contribution in [0, 0.1) is 0 Å². The van der Waals surface area contributed by atoms with Crippen LogP contribution in [0.2, 0.25) is 0 Å². The average Bonchev–Trinajstić information content (AvgIpc) is 3.12. The van der Waals surface area contributed by atoms with Crippen molar-refractivity contribution in [3.63, 3.8) is 0 Å². The van der Waals surface area contributed by atoms with E-state index in [9.17, 15) is 4.79 Å². The highest BCUT2D eigenvalue weighted by molar-refractivity contribution is 5.92. The van der Waals surface area contributed by atoms with E-state index < -0.39 is 0 Å². The fourth-order valence-corrected chi connectivity index (χ4v) is 2.89. The second-order valence-corrected chi connectivity index (χ2v) is 6.44. The van der Waals surface area contributed by atoms with Gasteiger partial charge in [-0.3, -0.25) is 9.48 Å². The molecule has 0 aliphatic heterocycles. The number of benzene rings is 2. The first-order chi connectivity index (χ1) is 13.5. The second kappa shape index (κ2) is 8.47. The minimum atomic E-state index is -0.209. The first-order valence-electron chi connectivity index (χ1n) is 8.84. The Hall–Kier alpha value is -3.48. The van der Waals surface area contributed by atoms with E-state index >= 15 is 0 Å². The zero-order valence-electron chi connectivity index (χ0n) is 16.5. The predicted molar refractivity (Wildman–Crippen MR) is 110 cm³/mol. The third-order valence-electron chi connectivity index (χ3n) is 4.24. The first-order valence-corrected chi connectivity index (χ1v) is 8.84. The van der Waals surface area contributed by atoms with Crippen molar-refractivity contribution in [3.8, 4) is 22.6 Å². The minimum absolute atomic E-state index is 0.0774. The van der Waals surface area contributed by atoms with Gasteiger partial charge in [-0.05, 0) is 17.7 Å². The van der Waals surface area contributed by atoms with Crippen molar-refractivity contribution in [2.24, 2.45) is 0 Å². The van der Waals surface area contributed by atoms with E-state index in [2.05, 4.69) is 10.4 Å². The van der Waals surface area contributed by atoms with Gasteiger partial charge >= 0.3 is 0 Å². The molecule has 3 aromatic rings. The highest BCUT2D eigenvalue weighted by atomic mass is 16.5. The van der Waals surface area contributed by atoms with E-state index in [0.29, 0.717) is 17.2 Å². The van der Waals surface area contributed by atoms with Crippen LogP contribution < -0.4 is 19.7 Å². The van der Waals surface area contributed by atoms with Crippen molar-refractivity contribution in [2.45, 2.75) is 6.54 Å². The number of aromatic nitrogens is 2. The predicted octanol–water partition coefficient (Wildman–Crippen LogP) is 3.27. The van der Waals surface area contributed by atoms with Gasteiger partial charge in [0.15, 0.2) is 5.82 Å². The SMILES string of the molecule is COc1ccc(OC)c(NC(=O)Cn2cc(-c3ccccc3)c(N(C)C)n2)c1. The normalized spacial score (nSPS) is 10.4. The van der Waals surface area contributed by atoms with Crippen LogP contribution in [-0.4, -0.2) is 44.0 Å². The monoisotopic (exact) mass is 380 g/mol. The Morgan fingerprint density at radius 1 is 1.11 bits per heavy atom. The van der Waals surface area contributed by atoms with Crippen LogP contribution in [0.15, 0.2) is 54.7 Å². The number of carbonyl (C=O) groups is 1. The largest absolute Gasteiger partial charge is 0.497 e. The summed E-state index contributed by atoms with van der Waals surface area (Å²) in [6.45, 7) is 0.0774. The lowest BCUT2D eigenvalue weighted by atomic mass is 10.1. The molecule has 0 unspecified atom stereocenters. The van der Waals surface area contributed by atoms with Gasteiger partial charge in [-0.25, -0.2) is 0 Å². The molecule has 3 rings (SSSR count). The maximum absolute atomic E-state index is 12.6. The number of methoxy groups -OCH3 is 2. The topological polar surface area (TPSA) is 68.6 Å². The lowest BCUT2D eigenvalue weighted by Gasteiger charge is -2.12. The molecule has 0 saturated heterocycles. The Labute approximate surface area is 164 Å². The van der Waals surface area contributed by atoms with Crippen molar-refractivity contribution in [2.75, 3.05) is 38.5 Å². The van der Waals surface area contributed by atoms with Gasteiger partial charge in [-0.1, -0.05) is 30.3 Å². The van der Waals surface area contributed by atoms with E-state index in [-0.39, 0.29) is 12.5 Å². The maximum Gasteiger partial charge on any atom is 0.246 e. The molecular weight excluding hydrogens is 356 g/mol. The van der Waals surface area contributed by atoms with Crippen LogP contribution in [0.1, 0.15) is 0 Å². The molecule has 0 bridgehead atoms. The fraction of sp³-hybridized carbons (Fsp3) is 0.238. The molecule has 0 fully saturated rings. The molecular formula is C21H24N4O3. The third-order valence-corrected chi connectivity index (χ3v) is 4.24. The van der Waals surface area contributed by atoms with Gasteiger partial charge in [0.2, 0.25) is 5.91 Å². The number of anilines is 2. The van der Waals surface area contributed by atoms with Crippen LogP contribution in [0.25, 0.3) is 11.1 Å². The lowest BCUT2D eigenvalue weighted by Crippen LogP contribution is -2.20. The van der Waals surface area contributed by atoms with E-state index in [1.165, 1.54) is 0 Å². The smallest absolute Gasteiger partial charge is 0.246 e. The van der Waals surface area contributed by atoms with Crippen LogP contribution >= 0.6 is 0 Å². The number of hydrogen-bond acceptors (Lipinski definition) is 5. The summed E-state index contributed by atoms with van der Waals surface area (Å²) in [5, 5.41) is 7.43. The van der Waals surface area contributed by atoms with Crippen molar-refractivity contribution >= 4 is 17.4 Å². The van der Waals surface area contributed by atoms with E-state index in [0.717, 1.165) is 16.9 Å². The number of ether oxygens (including phenoxy) is 2. The Morgan fingerprint density at radius 3 is 2.50 bits per heavy atom. The lowest BCUT2D eigenvalue weighted by molar-refractivity contribution is -0.116. The summed E-state index contributed by atoms with van der Waals surface area (Å²) in [4.78, 5) is 14.5. The molecule has 1 N–H and O–H groups in total.